The van der Waals surface area contributed by atoms with E-state index in [2.05, 4.69) is 45.9 Å². The fraction of sp³-hybridized carbons (Fsp3) is 0.611. The van der Waals surface area contributed by atoms with Crippen molar-refractivity contribution >= 4 is 24.2 Å². The fourth-order valence-electron chi connectivity index (χ4n) is 3.18. The maximum atomic E-state index is 2.47. The number of hydrogen-bond acceptors (Lipinski definition) is 0. The van der Waals surface area contributed by atoms with Crippen LogP contribution in [0.5, 0.6) is 0 Å². The van der Waals surface area contributed by atoms with E-state index in [1.54, 1.807) is 14.6 Å². The van der Waals surface area contributed by atoms with Gasteiger partial charge in [-0.3, -0.25) is 0 Å². The first-order valence-corrected chi connectivity index (χ1v) is 10.3. The number of aryl methyl sites for hydroxylation is 1. The molecule has 0 radical (unpaired) electrons. The molecule has 1 aliphatic carbocycles. The molecule has 0 heterocycles. The summed E-state index contributed by atoms with van der Waals surface area (Å²) in [7, 11) is 0. The van der Waals surface area contributed by atoms with Crippen molar-refractivity contribution in [2.24, 2.45) is 5.92 Å². The van der Waals surface area contributed by atoms with Crippen molar-refractivity contribution in [3.63, 3.8) is 0 Å². The van der Waals surface area contributed by atoms with E-state index in [1.165, 1.54) is 35.7 Å². The largest absolute Gasteiger partial charge is 0.119 e. The molecule has 0 saturated heterocycles. The predicted octanol–water partition coefficient (Wildman–Crippen LogP) is 5.82. The molecule has 1 aromatic rings. The molecule has 106 valence electrons. The van der Waals surface area contributed by atoms with Gasteiger partial charge >= 0.3 is 0 Å². The zero-order chi connectivity index (χ0) is 13.8. The summed E-state index contributed by atoms with van der Waals surface area (Å²) in [5.74, 6) is 1.76. The number of rotatable bonds is 3. The van der Waals surface area contributed by atoms with Crippen LogP contribution >= 0.6 is 20.7 Å². The minimum absolute atomic E-state index is 0.245. The Morgan fingerprint density at radius 1 is 1.21 bits per heavy atom. The lowest BCUT2D eigenvalue weighted by molar-refractivity contribution is 0.348. The average Bonchev–Trinajstić information content (AvgIpc) is 2.39. The molecule has 0 aliphatic heterocycles. The molecule has 0 nitrogen and oxygen atoms in total. The number of hydrogen-bond donors (Lipinski definition) is 0. The smallest absolute Gasteiger partial charge is 0.00783 e. The summed E-state index contributed by atoms with van der Waals surface area (Å²) >= 11 is 0.245. The van der Waals surface area contributed by atoms with Crippen LogP contribution in [-0.4, -0.2) is 7.94 Å². The van der Waals surface area contributed by atoms with Crippen molar-refractivity contribution in [3.8, 4) is 0 Å². The lowest BCUT2D eigenvalue weighted by Gasteiger charge is -2.28. The van der Waals surface area contributed by atoms with Crippen LogP contribution in [0.25, 0.3) is 0 Å². The maximum absolute atomic E-state index is 2.47. The first-order chi connectivity index (χ1) is 9.11. The molecule has 2 rings (SSSR count). The van der Waals surface area contributed by atoms with Gasteiger partial charge in [0.05, 0.1) is 0 Å². The van der Waals surface area contributed by atoms with Gasteiger partial charge in [0, 0.05) is 0 Å². The lowest BCUT2D eigenvalue weighted by atomic mass is 9.77. The minimum Gasteiger partial charge on any atom is -0.119 e. The Morgan fingerprint density at radius 2 is 1.89 bits per heavy atom. The highest BCUT2D eigenvalue weighted by Gasteiger charge is 2.22. The Balaban J connectivity index is 2.32. The van der Waals surface area contributed by atoms with E-state index in [-0.39, 0.29) is 20.7 Å². The minimum atomic E-state index is 0.245. The second-order valence-corrected chi connectivity index (χ2v) is 9.89. The highest BCUT2D eigenvalue weighted by molar-refractivity contribution is 14.2. The van der Waals surface area contributed by atoms with E-state index in [9.17, 15) is 0 Å². The van der Waals surface area contributed by atoms with Crippen molar-refractivity contribution in [2.45, 2.75) is 59.3 Å². The second-order valence-electron chi connectivity index (χ2n) is 5.98. The van der Waals surface area contributed by atoms with Gasteiger partial charge in [-0.1, -0.05) is 50.5 Å². The molecule has 1 fully saturated rings. The molecule has 0 atom stereocenters. The molecule has 1 saturated carbocycles. The topological polar surface area (TPSA) is 0 Å². The van der Waals surface area contributed by atoms with Crippen molar-refractivity contribution in [1.29, 1.82) is 0 Å². The third-order valence-electron chi connectivity index (χ3n) is 4.37. The average molecular weight is 370 g/mol. The summed E-state index contributed by atoms with van der Waals surface area (Å²) in [5.41, 5.74) is 4.69. The van der Waals surface area contributed by atoms with Gasteiger partial charge in [0.15, 0.2) is 0 Å². The summed E-state index contributed by atoms with van der Waals surface area (Å²) < 4.78 is 3.05. The number of halogens is 1. The summed E-state index contributed by atoms with van der Waals surface area (Å²) in [6.07, 6.45) is 5.63. The van der Waals surface area contributed by atoms with E-state index >= 15 is 0 Å². The third-order valence-corrected chi connectivity index (χ3v) is 6.86. The Kier molecular flexibility index (Phi) is 5.61. The fourth-order valence-corrected chi connectivity index (χ4v) is 5.22. The quantitative estimate of drug-likeness (QED) is 0.465. The molecule has 0 amide bonds. The van der Waals surface area contributed by atoms with Crippen LogP contribution in [-0.2, 0) is 0 Å². The molecular weight excluding hydrogens is 343 g/mol. The van der Waals surface area contributed by atoms with Crippen molar-refractivity contribution < 1.29 is 0 Å². The molecular formula is C18H27I. The zero-order valence-corrected chi connectivity index (χ0v) is 15.0. The van der Waals surface area contributed by atoms with Crippen molar-refractivity contribution in [1.82, 2.24) is 0 Å². The summed E-state index contributed by atoms with van der Waals surface area (Å²) in [5, 5.41) is 0. The standard InChI is InChI=1S/C18H27I/c1-5-19-15(4)17-11-8-14(3)12-18(17)16-9-6-13(2)7-10-16/h8,11-13,16H,5-7,9-10H2,1-4H3. The zero-order valence-electron chi connectivity index (χ0n) is 12.8. The van der Waals surface area contributed by atoms with Gasteiger partial charge in [-0.25, -0.2) is 0 Å². The molecule has 0 N–H and O–H groups in total. The van der Waals surface area contributed by atoms with Crippen LogP contribution in [0.1, 0.15) is 69.1 Å². The predicted molar refractivity (Wildman–Crippen MR) is 95.9 cm³/mol. The Morgan fingerprint density at radius 3 is 2.53 bits per heavy atom. The molecule has 19 heavy (non-hydrogen) atoms. The van der Waals surface area contributed by atoms with E-state index in [4.69, 9.17) is 0 Å². The molecule has 0 unspecified atom stereocenters. The van der Waals surface area contributed by atoms with Crippen LogP contribution in [0.15, 0.2) is 18.2 Å². The van der Waals surface area contributed by atoms with Gasteiger partial charge < -0.3 is 0 Å². The van der Waals surface area contributed by atoms with Gasteiger partial charge in [0.1, 0.15) is 0 Å². The molecule has 1 heteroatoms. The maximum Gasteiger partial charge on any atom is -0.00783 e. The van der Waals surface area contributed by atoms with Crippen LogP contribution in [0, 0.1) is 12.8 Å². The van der Waals surface area contributed by atoms with E-state index in [0.717, 1.165) is 11.8 Å². The summed E-state index contributed by atoms with van der Waals surface area (Å²) in [4.78, 5) is 0. The van der Waals surface area contributed by atoms with Gasteiger partial charge in [-0.05, 0) is 57.6 Å². The number of benzene rings is 1. The Hall–Kier alpha value is -0.180. The third kappa shape index (κ3) is 3.90. The SMILES string of the molecule is CCI=C(C)c1ccc(C)cc1C1CCC(C)CC1. The highest BCUT2D eigenvalue weighted by atomic mass is 127. The van der Waals surface area contributed by atoms with Crippen LogP contribution < -0.4 is 0 Å². The summed E-state index contributed by atoms with van der Waals surface area (Å²) in [6, 6.07) is 7.17. The van der Waals surface area contributed by atoms with E-state index in [0.29, 0.717) is 0 Å². The van der Waals surface area contributed by atoms with Crippen LogP contribution in [0.3, 0.4) is 0 Å². The molecule has 0 aromatic heterocycles. The first kappa shape index (κ1) is 15.2. The van der Waals surface area contributed by atoms with Crippen LogP contribution in [0.2, 0.25) is 0 Å². The molecule has 1 aliphatic rings. The van der Waals surface area contributed by atoms with Gasteiger partial charge in [0.2, 0.25) is 0 Å². The molecule has 0 bridgehead atoms. The van der Waals surface area contributed by atoms with Gasteiger partial charge in [-0.2, -0.15) is 0 Å². The monoisotopic (exact) mass is 370 g/mol. The van der Waals surface area contributed by atoms with Crippen molar-refractivity contribution in [2.75, 3.05) is 4.43 Å². The molecule has 0 spiro atoms. The highest BCUT2D eigenvalue weighted by Crippen LogP contribution is 2.37. The lowest BCUT2D eigenvalue weighted by Crippen LogP contribution is -2.13. The van der Waals surface area contributed by atoms with E-state index in [1.807, 2.05) is 0 Å². The Labute approximate surface area is 128 Å². The van der Waals surface area contributed by atoms with Crippen molar-refractivity contribution in [3.05, 3.63) is 34.9 Å². The second kappa shape index (κ2) is 7.01. The molecule has 1 aromatic carbocycles. The Bertz CT molecular complexity index is 451. The van der Waals surface area contributed by atoms with E-state index < -0.39 is 0 Å². The van der Waals surface area contributed by atoms with Gasteiger partial charge in [0.25, 0.3) is 0 Å². The summed E-state index contributed by atoms with van der Waals surface area (Å²) in [6.45, 7) is 9.35. The number of alkyl halides is 1. The normalized spacial score (nSPS) is 24.9. The first-order valence-electron chi connectivity index (χ1n) is 7.65. The van der Waals surface area contributed by atoms with Gasteiger partial charge in [-0.15, -0.1) is 20.7 Å². The van der Waals surface area contributed by atoms with Crippen LogP contribution in [0.4, 0.5) is 0 Å².